The first-order chi connectivity index (χ1) is 15.1. The molecule has 7 nitrogen and oxygen atoms in total. The van der Waals surface area contributed by atoms with Crippen LogP contribution in [-0.4, -0.2) is 48.2 Å². The lowest BCUT2D eigenvalue weighted by molar-refractivity contribution is -0.143. The van der Waals surface area contributed by atoms with Gasteiger partial charge in [-0.2, -0.15) is 0 Å². The highest BCUT2D eigenvalue weighted by Gasteiger charge is 2.34. The molecular formula is C24H27N3O4. The molecule has 2 aromatic carbocycles. The zero-order chi connectivity index (χ0) is 21.6. The van der Waals surface area contributed by atoms with Crippen LogP contribution in [0.4, 0.5) is 0 Å². The fourth-order valence-electron chi connectivity index (χ4n) is 3.96. The van der Waals surface area contributed by atoms with Gasteiger partial charge in [-0.1, -0.05) is 47.6 Å². The van der Waals surface area contributed by atoms with E-state index in [0.717, 1.165) is 29.0 Å². The van der Waals surface area contributed by atoms with Crippen molar-refractivity contribution in [3.05, 3.63) is 65.7 Å². The minimum absolute atomic E-state index is 0.0266. The van der Waals surface area contributed by atoms with Crippen molar-refractivity contribution in [2.24, 2.45) is 5.16 Å². The van der Waals surface area contributed by atoms with Crippen LogP contribution < -0.4 is 10.1 Å². The molecule has 0 bridgehead atoms. The molecule has 0 aliphatic carbocycles. The van der Waals surface area contributed by atoms with Crippen LogP contribution in [-0.2, 0) is 27.4 Å². The largest absolute Gasteiger partial charge is 0.497 e. The number of rotatable bonds is 8. The second kappa shape index (κ2) is 9.64. The second-order valence-electron chi connectivity index (χ2n) is 7.99. The van der Waals surface area contributed by atoms with Gasteiger partial charge in [0, 0.05) is 38.4 Å². The highest BCUT2D eigenvalue weighted by molar-refractivity contribution is 5.94. The van der Waals surface area contributed by atoms with E-state index in [4.69, 9.17) is 9.57 Å². The van der Waals surface area contributed by atoms with Gasteiger partial charge in [0.1, 0.15) is 5.75 Å². The molecule has 1 N–H and O–H groups in total. The number of methoxy groups -OCH3 is 1. The molecule has 1 fully saturated rings. The maximum Gasteiger partial charge on any atom is 0.267 e. The van der Waals surface area contributed by atoms with E-state index in [1.807, 2.05) is 54.6 Å². The Labute approximate surface area is 182 Å². The average molecular weight is 421 g/mol. The maximum atomic E-state index is 13.3. The zero-order valence-electron chi connectivity index (χ0n) is 17.6. The van der Waals surface area contributed by atoms with Crippen molar-refractivity contribution in [3.8, 4) is 5.75 Å². The Morgan fingerprint density at radius 2 is 1.94 bits per heavy atom. The minimum Gasteiger partial charge on any atom is -0.497 e. The Morgan fingerprint density at radius 3 is 2.61 bits per heavy atom. The summed E-state index contributed by atoms with van der Waals surface area (Å²) in [4.78, 5) is 32.2. The van der Waals surface area contributed by atoms with E-state index in [0.29, 0.717) is 32.4 Å². The van der Waals surface area contributed by atoms with Gasteiger partial charge in [0.25, 0.3) is 5.91 Å². The quantitative estimate of drug-likeness (QED) is 0.711. The van der Waals surface area contributed by atoms with Gasteiger partial charge >= 0.3 is 0 Å². The molecule has 2 heterocycles. The molecule has 0 spiro atoms. The van der Waals surface area contributed by atoms with Crippen LogP contribution in [0.15, 0.2) is 59.8 Å². The first-order valence-corrected chi connectivity index (χ1v) is 10.6. The minimum atomic E-state index is -0.630. The molecule has 1 unspecified atom stereocenters. The predicted octanol–water partition coefficient (Wildman–Crippen LogP) is 2.69. The van der Waals surface area contributed by atoms with E-state index in [9.17, 15) is 9.59 Å². The van der Waals surface area contributed by atoms with Gasteiger partial charge in [-0.15, -0.1) is 0 Å². The summed E-state index contributed by atoms with van der Waals surface area (Å²) in [5, 5.41) is 7.13. The van der Waals surface area contributed by atoms with Crippen molar-refractivity contribution >= 4 is 17.5 Å². The standard InChI is InChI=1S/C24H27N3O4/c1-30-21-10-7-17(8-11-21)13-20-14-22(31-26-20)24(29)27(15-18-5-3-2-4-6-18)16-19-9-12-23(28)25-19/h2-8,10-11,19,22H,9,12-16H2,1H3,(H,25,28)/t19-,22?/m0/s1. The predicted molar refractivity (Wildman–Crippen MR) is 117 cm³/mol. The summed E-state index contributed by atoms with van der Waals surface area (Å²) >= 11 is 0. The molecular weight excluding hydrogens is 394 g/mol. The summed E-state index contributed by atoms with van der Waals surface area (Å²) in [5.74, 6) is 0.745. The molecule has 2 aliphatic rings. The van der Waals surface area contributed by atoms with Crippen LogP contribution in [0.2, 0.25) is 0 Å². The molecule has 2 aliphatic heterocycles. The van der Waals surface area contributed by atoms with Crippen LogP contribution in [0.5, 0.6) is 5.75 Å². The summed E-state index contributed by atoms with van der Waals surface area (Å²) in [6, 6.07) is 17.6. The highest BCUT2D eigenvalue weighted by Crippen LogP contribution is 2.20. The van der Waals surface area contributed by atoms with Crippen molar-refractivity contribution in [1.29, 1.82) is 0 Å². The Hall–Kier alpha value is -3.35. The first kappa shape index (κ1) is 20.9. The number of benzene rings is 2. The van der Waals surface area contributed by atoms with E-state index in [2.05, 4.69) is 10.5 Å². The number of carbonyl (C=O) groups excluding carboxylic acids is 2. The van der Waals surface area contributed by atoms with Crippen LogP contribution in [0.25, 0.3) is 0 Å². The van der Waals surface area contributed by atoms with Gasteiger partial charge < -0.3 is 19.8 Å². The van der Waals surface area contributed by atoms with E-state index in [1.54, 1.807) is 12.0 Å². The van der Waals surface area contributed by atoms with E-state index in [1.165, 1.54) is 0 Å². The summed E-state index contributed by atoms with van der Waals surface area (Å²) in [6.45, 7) is 0.937. The van der Waals surface area contributed by atoms with Gasteiger partial charge in [-0.3, -0.25) is 9.59 Å². The number of ether oxygens (including phenoxy) is 1. The highest BCUT2D eigenvalue weighted by atomic mass is 16.6. The molecule has 4 rings (SSSR count). The van der Waals surface area contributed by atoms with Crippen molar-refractivity contribution in [1.82, 2.24) is 10.2 Å². The summed E-state index contributed by atoms with van der Waals surface area (Å²) in [7, 11) is 1.64. The van der Waals surface area contributed by atoms with Crippen molar-refractivity contribution in [2.45, 2.75) is 44.4 Å². The number of carbonyl (C=O) groups is 2. The van der Waals surface area contributed by atoms with Crippen LogP contribution in [0.3, 0.4) is 0 Å². The molecule has 1 saturated heterocycles. The maximum absolute atomic E-state index is 13.3. The van der Waals surface area contributed by atoms with E-state index < -0.39 is 6.10 Å². The molecule has 0 aromatic heterocycles. The van der Waals surface area contributed by atoms with E-state index >= 15 is 0 Å². The first-order valence-electron chi connectivity index (χ1n) is 10.6. The van der Waals surface area contributed by atoms with E-state index in [-0.39, 0.29) is 17.9 Å². The number of hydrogen-bond acceptors (Lipinski definition) is 5. The Bertz CT molecular complexity index is 943. The lowest BCUT2D eigenvalue weighted by Crippen LogP contribution is -2.45. The zero-order valence-corrected chi connectivity index (χ0v) is 17.6. The molecule has 162 valence electrons. The van der Waals surface area contributed by atoms with Gasteiger partial charge in [0.2, 0.25) is 12.0 Å². The lowest BCUT2D eigenvalue weighted by Gasteiger charge is -2.27. The fraction of sp³-hybridized carbons (Fsp3) is 0.375. The van der Waals surface area contributed by atoms with Gasteiger partial charge in [-0.25, -0.2) is 0 Å². The SMILES string of the molecule is COc1ccc(CC2=NOC(C(=O)N(Cc3ccccc3)C[C@@H]3CCC(=O)N3)C2)cc1. The summed E-state index contributed by atoms with van der Waals surface area (Å²) in [6.07, 6.45) is 1.71. The number of oxime groups is 1. The summed E-state index contributed by atoms with van der Waals surface area (Å²) in [5.41, 5.74) is 2.97. The molecule has 31 heavy (non-hydrogen) atoms. The third-order valence-corrected chi connectivity index (χ3v) is 5.63. The molecule has 2 atom stereocenters. The molecule has 2 amide bonds. The number of amides is 2. The molecule has 7 heteroatoms. The van der Waals surface area contributed by atoms with Gasteiger partial charge in [-0.05, 0) is 29.7 Å². The van der Waals surface area contributed by atoms with Crippen LogP contribution in [0, 0.1) is 0 Å². The van der Waals surface area contributed by atoms with Crippen molar-refractivity contribution in [3.63, 3.8) is 0 Å². The average Bonchev–Trinajstić information content (AvgIpc) is 3.43. The smallest absolute Gasteiger partial charge is 0.267 e. The van der Waals surface area contributed by atoms with Gasteiger partial charge in [0.15, 0.2) is 0 Å². The second-order valence-corrected chi connectivity index (χ2v) is 7.99. The Morgan fingerprint density at radius 1 is 1.16 bits per heavy atom. The molecule has 0 saturated carbocycles. The van der Waals surface area contributed by atoms with Gasteiger partial charge in [0.05, 0.1) is 12.8 Å². The Balaban J connectivity index is 1.39. The normalized spacial score (nSPS) is 20.0. The fourth-order valence-corrected chi connectivity index (χ4v) is 3.96. The third kappa shape index (κ3) is 5.42. The number of hydrogen-bond donors (Lipinski definition) is 1. The van der Waals surface area contributed by atoms with Crippen molar-refractivity contribution in [2.75, 3.05) is 13.7 Å². The number of nitrogens with zero attached hydrogens (tertiary/aromatic N) is 2. The van der Waals surface area contributed by atoms with Crippen molar-refractivity contribution < 1.29 is 19.2 Å². The summed E-state index contributed by atoms with van der Waals surface area (Å²) < 4.78 is 5.19. The van der Waals surface area contributed by atoms with Crippen LogP contribution in [0.1, 0.15) is 30.4 Å². The molecule has 2 aromatic rings. The Kier molecular flexibility index (Phi) is 6.50. The topological polar surface area (TPSA) is 80.2 Å². The monoisotopic (exact) mass is 421 g/mol. The third-order valence-electron chi connectivity index (χ3n) is 5.63. The lowest BCUT2D eigenvalue weighted by atomic mass is 10.0. The molecule has 0 radical (unpaired) electrons. The van der Waals surface area contributed by atoms with Crippen LogP contribution >= 0.6 is 0 Å². The number of nitrogens with one attached hydrogen (secondary N) is 1.